The monoisotopic (exact) mass is 211 g/mol. The van der Waals surface area contributed by atoms with Crippen LogP contribution in [0.5, 0.6) is 0 Å². The summed E-state index contributed by atoms with van der Waals surface area (Å²) in [6.45, 7) is 0. The molecule has 3 rings (SSSR count). The Labute approximate surface area is 97.1 Å². The number of nitrogens with zero attached hydrogens (tertiary/aromatic N) is 1. The lowest BCUT2D eigenvalue weighted by atomic mass is 9.75. The number of benzene rings is 1. The summed E-state index contributed by atoms with van der Waals surface area (Å²) >= 11 is 0. The van der Waals surface area contributed by atoms with E-state index in [4.69, 9.17) is 5.26 Å². The van der Waals surface area contributed by atoms with E-state index < -0.39 is 0 Å². The number of hydrogen-bond acceptors (Lipinski definition) is 1. The van der Waals surface area contributed by atoms with Crippen molar-refractivity contribution in [1.82, 2.24) is 0 Å². The van der Waals surface area contributed by atoms with E-state index >= 15 is 0 Å². The predicted octanol–water partition coefficient (Wildman–Crippen LogP) is 3.90. The highest BCUT2D eigenvalue weighted by atomic mass is 14.3. The van der Waals surface area contributed by atoms with E-state index in [1.54, 1.807) is 0 Å². The minimum Gasteiger partial charge on any atom is -0.198 e. The molecule has 0 amide bonds. The van der Waals surface area contributed by atoms with Crippen molar-refractivity contribution < 1.29 is 0 Å². The van der Waals surface area contributed by atoms with Crippen LogP contribution in [-0.4, -0.2) is 0 Å². The van der Waals surface area contributed by atoms with E-state index in [0.717, 1.165) is 12.3 Å². The smallest absolute Gasteiger partial charge is 0.0755 e. The molecule has 0 saturated heterocycles. The van der Waals surface area contributed by atoms with E-state index in [9.17, 15) is 0 Å². The zero-order chi connectivity index (χ0) is 11.0. The first-order chi connectivity index (χ1) is 7.88. The van der Waals surface area contributed by atoms with Crippen LogP contribution < -0.4 is 0 Å². The molecule has 1 unspecified atom stereocenters. The zero-order valence-corrected chi connectivity index (χ0v) is 9.58. The molecule has 2 aliphatic carbocycles. The summed E-state index contributed by atoms with van der Waals surface area (Å²) in [6, 6.07) is 9.23. The lowest BCUT2D eigenvalue weighted by molar-refractivity contribution is 0.443. The Kier molecular flexibility index (Phi) is 2.44. The van der Waals surface area contributed by atoms with Crippen molar-refractivity contribution in [3.05, 3.63) is 34.9 Å². The van der Waals surface area contributed by atoms with E-state index in [-0.39, 0.29) is 5.92 Å². The predicted molar refractivity (Wildman–Crippen MR) is 64.3 cm³/mol. The molecule has 1 atom stereocenters. The lowest BCUT2D eigenvalue weighted by Gasteiger charge is -2.28. The van der Waals surface area contributed by atoms with Gasteiger partial charge in [-0.1, -0.05) is 37.5 Å². The van der Waals surface area contributed by atoms with Crippen molar-refractivity contribution in [1.29, 1.82) is 5.26 Å². The highest BCUT2D eigenvalue weighted by Gasteiger charge is 2.27. The molecule has 16 heavy (non-hydrogen) atoms. The zero-order valence-electron chi connectivity index (χ0n) is 9.58. The Morgan fingerprint density at radius 1 is 1.12 bits per heavy atom. The molecule has 0 bridgehead atoms. The number of rotatable bonds is 1. The van der Waals surface area contributed by atoms with Crippen LogP contribution in [-0.2, 0) is 6.42 Å². The topological polar surface area (TPSA) is 23.8 Å². The van der Waals surface area contributed by atoms with E-state index in [1.165, 1.54) is 48.8 Å². The molecule has 2 aliphatic rings. The number of fused-ring (bicyclic) bond motifs is 1. The van der Waals surface area contributed by atoms with Gasteiger partial charge in [0.1, 0.15) is 0 Å². The molecular weight excluding hydrogens is 194 g/mol. The number of nitriles is 1. The first kappa shape index (κ1) is 9.90. The van der Waals surface area contributed by atoms with Crippen LogP contribution in [0.25, 0.3) is 0 Å². The molecular formula is C15H17N. The second-order valence-electron chi connectivity index (χ2n) is 5.18. The fourth-order valence-corrected chi connectivity index (χ4v) is 3.13. The maximum Gasteiger partial charge on any atom is 0.0755 e. The summed E-state index contributed by atoms with van der Waals surface area (Å²) in [5.41, 5.74) is 4.19. The molecule has 0 aromatic heterocycles. The SMILES string of the molecule is N#CC1Cc2ccc(C3CCCCC3)cc21. The first-order valence-electron chi connectivity index (χ1n) is 6.41. The van der Waals surface area contributed by atoms with Gasteiger partial charge in [-0.2, -0.15) is 5.26 Å². The Hall–Kier alpha value is -1.29. The molecule has 1 fully saturated rings. The highest BCUT2D eigenvalue weighted by Crippen LogP contribution is 2.39. The largest absolute Gasteiger partial charge is 0.198 e. The quantitative estimate of drug-likeness (QED) is 0.691. The van der Waals surface area contributed by atoms with Gasteiger partial charge < -0.3 is 0 Å². The van der Waals surface area contributed by atoms with Crippen LogP contribution in [0.1, 0.15) is 60.6 Å². The normalized spacial score (nSPS) is 24.3. The molecule has 82 valence electrons. The van der Waals surface area contributed by atoms with E-state index in [1.807, 2.05) is 0 Å². The van der Waals surface area contributed by atoms with Gasteiger partial charge in [0.15, 0.2) is 0 Å². The Morgan fingerprint density at radius 2 is 1.94 bits per heavy atom. The minimum atomic E-state index is 0.179. The van der Waals surface area contributed by atoms with Crippen molar-refractivity contribution in [3.8, 4) is 6.07 Å². The highest BCUT2D eigenvalue weighted by molar-refractivity contribution is 5.46. The number of hydrogen-bond donors (Lipinski definition) is 0. The molecule has 1 aromatic carbocycles. The molecule has 1 nitrogen and oxygen atoms in total. The van der Waals surface area contributed by atoms with Gasteiger partial charge in [-0.3, -0.25) is 0 Å². The Morgan fingerprint density at radius 3 is 2.69 bits per heavy atom. The minimum absolute atomic E-state index is 0.179. The summed E-state index contributed by atoms with van der Waals surface area (Å²) < 4.78 is 0. The van der Waals surface area contributed by atoms with Gasteiger partial charge >= 0.3 is 0 Å². The summed E-state index contributed by atoms with van der Waals surface area (Å²) in [5.74, 6) is 0.942. The van der Waals surface area contributed by atoms with E-state index in [0.29, 0.717) is 0 Å². The van der Waals surface area contributed by atoms with Crippen LogP contribution in [0.3, 0.4) is 0 Å². The second kappa shape index (κ2) is 3.94. The van der Waals surface area contributed by atoms with Gasteiger partial charge in [-0.05, 0) is 41.9 Å². The van der Waals surface area contributed by atoms with Crippen LogP contribution in [0.15, 0.2) is 18.2 Å². The molecule has 1 saturated carbocycles. The Balaban J connectivity index is 1.86. The van der Waals surface area contributed by atoms with Crippen LogP contribution in [0.4, 0.5) is 0 Å². The van der Waals surface area contributed by atoms with Crippen molar-refractivity contribution in [3.63, 3.8) is 0 Å². The van der Waals surface area contributed by atoms with Crippen molar-refractivity contribution in [2.75, 3.05) is 0 Å². The van der Waals surface area contributed by atoms with Gasteiger partial charge in [0.25, 0.3) is 0 Å². The first-order valence-corrected chi connectivity index (χ1v) is 6.41. The van der Waals surface area contributed by atoms with Gasteiger partial charge in [-0.25, -0.2) is 0 Å². The van der Waals surface area contributed by atoms with E-state index in [2.05, 4.69) is 24.3 Å². The van der Waals surface area contributed by atoms with Gasteiger partial charge in [0.05, 0.1) is 12.0 Å². The fraction of sp³-hybridized carbons (Fsp3) is 0.533. The maximum atomic E-state index is 8.98. The Bertz CT molecular complexity index is 435. The summed E-state index contributed by atoms with van der Waals surface area (Å²) in [6.07, 6.45) is 7.82. The maximum absolute atomic E-state index is 8.98. The average molecular weight is 211 g/mol. The fourth-order valence-electron chi connectivity index (χ4n) is 3.13. The van der Waals surface area contributed by atoms with Gasteiger partial charge in [0.2, 0.25) is 0 Å². The third kappa shape index (κ3) is 1.53. The third-order valence-electron chi connectivity index (χ3n) is 4.20. The lowest BCUT2D eigenvalue weighted by Crippen LogP contribution is -2.16. The standard InChI is InChI=1S/C15H17N/c16-10-14-8-13-7-6-12(9-15(13)14)11-4-2-1-3-5-11/h6-7,9,11,14H,1-5,8H2. The van der Waals surface area contributed by atoms with Crippen molar-refractivity contribution in [2.24, 2.45) is 0 Å². The van der Waals surface area contributed by atoms with Crippen molar-refractivity contribution >= 4 is 0 Å². The molecule has 1 aromatic rings. The summed E-state index contributed by atoms with van der Waals surface area (Å²) in [7, 11) is 0. The second-order valence-corrected chi connectivity index (χ2v) is 5.18. The molecule has 0 aliphatic heterocycles. The molecule has 0 spiro atoms. The molecule has 1 heteroatoms. The van der Waals surface area contributed by atoms with Crippen LogP contribution in [0, 0.1) is 11.3 Å². The molecule has 0 heterocycles. The van der Waals surface area contributed by atoms with Crippen molar-refractivity contribution in [2.45, 2.75) is 50.4 Å². The van der Waals surface area contributed by atoms with Gasteiger partial charge in [0, 0.05) is 0 Å². The molecule has 0 N–H and O–H groups in total. The average Bonchev–Trinajstić information content (AvgIpc) is 2.32. The summed E-state index contributed by atoms with van der Waals surface area (Å²) in [5, 5.41) is 8.98. The third-order valence-corrected chi connectivity index (χ3v) is 4.20. The van der Waals surface area contributed by atoms with Crippen LogP contribution in [0.2, 0.25) is 0 Å². The summed E-state index contributed by atoms with van der Waals surface area (Å²) in [4.78, 5) is 0. The van der Waals surface area contributed by atoms with Gasteiger partial charge in [-0.15, -0.1) is 0 Å². The molecule has 0 radical (unpaired) electrons. The van der Waals surface area contributed by atoms with Crippen LogP contribution >= 0.6 is 0 Å².